The number of cyclic esters (lactones) is 1. The second kappa shape index (κ2) is 7.92. The number of amides is 1. The van der Waals surface area contributed by atoms with Gasteiger partial charge in [-0.2, -0.15) is 4.68 Å². The van der Waals surface area contributed by atoms with Gasteiger partial charge in [0, 0.05) is 30.1 Å². The minimum Gasteiger partial charge on any atom is -0.456 e. The van der Waals surface area contributed by atoms with Gasteiger partial charge in [-0.25, -0.2) is 9.78 Å². The molecule has 1 atom stereocenters. The molecule has 0 aromatic carbocycles. The van der Waals surface area contributed by atoms with Crippen LogP contribution in [0, 0.1) is 5.41 Å². The number of carbonyl (C=O) groups is 2. The average Bonchev–Trinajstić information content (AvgIpc) is 3.52. The zero-order chi connectivity index (χ0) is 22.3. The fourth-order valence-electron chi connectivity index (χ4n) is 4.60. The molecule has 1 amide bonds. The van der Waals surface area contributed by atoms with Gasteiger partial charge in [-0.1, -0.05) is 6.07 Å². The molecule has 0 aliphatic carbocycles. The number of rotatable bonds is 5. The van der Waals surface area contributed by atoms with E-state index in [1.54, 1.807) is 17.2 Å². The summed E-state index contributed by atoms with van der Waals surface area (Å²) in [5.74, 6) is 0.162. The van der Waals surface area contributed by atoms with Gasteiger partial charge in [0.1, 0.15) is 12.9 Å². The molecule has 11 heteroatoms. The van der Waals surface area contributed by atoms with Gasteiger partial charge in [0.2, 0.25) is 5.91 Å². The van der Waals surface area contributed by atoms with Gasteiger partial charge in [-0.15, -0.1) is 5.10 Å². The van der Waals surface area contributed by atoms with Crippen LogP contribution in [0.2, 0.25) is 0 Å². The quantitative estimate of drug-likeness (QED) is 0.660. The van der Waals surface area contributed by atoms with E-state index in [0.29, 0.717) is 49.6 Å². The molecule has 5 rings (SSSR count). The lowest BCUT2D eigenvalue weighted by molar-refractivity contribution is -0.138. The first kappa shape index (κ1) is 20.5. The van der Waals surface area contributed by atoms with Crippen LogP contribution in [0.4, 0.5) is 0 Å². The maximum absolute atomic E-state index is 13.2. The number of pyridine rings is 1. The highest BCUT2D eigenvalue weighted by Crippen LogP contribution is 2.43. The number of aliphatic hydroxyl groups is 1. The molecular weight excluding hydrogens is 414 g/mol. The molecule has 0 radical (unpaired) electrons. The summed E-state index contributed by atoms with van der Waals surface area (Å²) in [6, 6.07) is 3.56. The van der Waals surface area contributed by atoms with Crippen LogP contribution in [0.3, 0.4) is 0 Å². The van der Waals surface area contributed by atoms with E-state index in [4.69, 9.17) is 4.74 Å². The number of ether oxygens (including phenoxy) is 1. The fraction of sp³-hybridized carbons (Fsp3) is 0.429. The maximum Gasteiger partial charge on any atom is 0.333 e. The number of aromatic nitrogens is 5. The lowest BCUT2D eigenvalue weighted by Gasteiger charge is -2.38. The summed E-state index contributed by atoms with van der Waals surface area (Å²) in [7, 11) is 0. The lowest BCUT2D eigenvalue weighted by atomic mass is 9.78. The number of piperidine rings is 1. The van der Waals surface area contributed by atoms with E-state index in [1.807, 2.05) is 19.1 Å². The molecule has 2 aromatic rings. The SMILES string of the molecule is CC1=CC2(CCN(C[C@@H](O)c3ccc(-n4cnnn4)nc3)CC2)C(=O)N1C1=CC(=O)OC1. The zero-order valence-corrected chi connectivity index (χ0v) is 17.6. The monoisotopic (exact) mass is 437 g/mol. The van der Waals surface area contributed by atoms with Crippen molar-refractivity contribution in [3.63, 3.8) is 0 Å². The van der Waals surface area contributed by atoms with Crippen molar-refractivity contribution in [1.82, 2.24) is 35.0 Å². The van der Waals surface area contributed by atoms with Crippen LogP contribution >= 0.6 is 0 Å². The molecule has 5 heterocycles. The van der Waals surface area contributed by atoms with Crippen LogP contribution < -0.4 is 0 Å². The molecular formula is C21H23N7O4. The van der Waals surface area contributed by atoms with Crippen molar-refractivity contribution in [2.24, 2.45) is 5.41 Å². The standard InChI is InChI=1S/C21H23N7O4/c1-14-9-21(20(31)28(14)16-8-19(30)32-12-16)4-6-26(7-5-21)11-17(29)15-2-3-18(22-10-15)27-13-23-24-25-27/h2-3,8-10,13,17,29H,4-7,11-12H2,1H3/t17-/m1/s1. The van der Waals surface area contributed by atoms with Crippen LogP contribution in [-0.2, 0) is 14.3 Å². The van der Waals surface area contributed by atoms with E-state index in [2.05, 4.69) is 25.4 Å². The summed E-state index contributed by atoms with van der Waals surface area (Å²) in [4.78, 5) is 32.8. The van der Waals surface area contributed by atoms with Crippen LogP contribution in [0.1, 0.15) is 31.4 Å². The average molecular weight is 437 g/mol. The third kappa shape index (κ3) is 3.59. The molecule has 1 spiro atoms. The van der Waals surface area contributed by atoms with Crippen molar-refractivity contribution in [2.75, 3.05) is 26.2 Å². The molecule has 1 saturated heterocycles. The van der Waals surface area contributed by atoms with Gasteiger partial charge in [-0.05, 0) is 55.4 Å². The Labute approximate surface area is 184 Å². The molecule has 11 nitrogen and oxygen atoms in total. The number of β-amino-alcohol motifs (C(OH)–C–C–N with tert-alkyl or cyclic N) is 1. The summed E-state index contributed by atoms with van der Waals surface area (Å²) < 4.78 is 6.42. The Morgan fingerprint density at radius 1 is 1.25 bits per heavy atom. The first-order valence-corrected chi connectivity index (χ1v) is 10.5. The molecule has 0 bridgehead atoms. The van der Waals surface area contributed by atoms with Crippen LogP contribution in [-0.4, -0.2) is 78.2 Å². The molecule has 166 valence electrons. The van der Waals surface area contributed by atoms with Gasteiger partial charge >= 0.3 is 5.97 Å². The van der Waals surface area contributed by atoms with Crippen molar-refractivity contribution in [3.8, 4) is 5.82 Å². The van der Waals surface area contributed by atoms with E-state index in [0.717, 1.165) is 5.70 Å². The number of hydrogen-bond donors (Lipinski definition) is 1. The predicted octanol–water partition coefficient (Wildman–Crippen LogP) is 0.360. The third-order valence-corrected chi connectivity index (χ3v) is 6.32. The Morgan fingerprint density at radius 3 is 2.69 bits per heavy atom. The zero-order valence-electron chi connectivity index (χ0n) is 17.6. The molecule has 0 unspecified atom stereocenters. The molecule has 3 aliphatic heterocycles. The first-order valence-electron chi connectivity index (χ1n) is 10.5. The molecule has 3 aliphatic rings. The van der Waals surface area contributed by atoms with Crippen LogP contribution in [0.15, 0.2) is 48.2 Å². The van der Waals surface area contributed by atoms with E-state index < -0.39 is 17.5 Å². The second-order valence-corrected chi connectivity index (χ2v) is 8.35. The first-order chi connectivity index (χ1) is 15.4. The molecule has 32 heavy (non-hydrogen) atoms. The van der Waals surface area contributed by atoms with E-state index >= 15 is 0 Å². The van der Waals surface area contributed by atoms with Crippen molar-refractivity contribution in [2.45, 2.75) is 25.9 Å². The molecule has 2 aromatic heterocycles. The Kier molecular flexibility index (Phi) is 5.06. The number of aliphatic hydroxyl groups excluding tert-OH is 1. The smallest absolute Gasteiger partial charge is 0.333 e. The summed E-state index contributed by atoms with van der Waals surface area (Å²) in [6.45, 7) is 3.84. The third-order valence-electron chi connectivity index (χ3n) is 6.32. The number of esters is 1. The summed E-state index contributed by atoms with van der Waals surface area (Å²) in [5.41, 5.74) is 1.58. The normalized spacial score (nSPS) is 21.6. The number of nitrogens with zero attached hydrogens (tertiary/aromatic N) is 7. The molecule has 1 fully saturated rings. The van der Waals surface area contributed by atoms with Gasteiger partial charge in [0.25, 0.3) is 0 Å². The summed E-state index contributed by atoms with van der Waals surface area (Å²) in [5, 5.41) is 21.7. The van der Waals surface area contributed by atoms with Crippen molar-refractivity contribution >= 4 is 11.9 Å². The Bertz CT molecular complexity index is 1090. The highest BCUT2D eigenvalue weighted by atomic mass is 16.5. The van der Waals surface area contributed by atoms with Crippen molar-refractivity contribution in [3.05, 3.63) is 53.8 Å². The van der Waals surface area contributed by atoms with Gasteiger partial charge in [0.15, 0.2) is 5.82 Å². The fourth-order valence-corrected chi connectivity index (χ4v) is 4.60. The van der Waals surface area contributed by atoms with Crippen molar-refractivity contribution in [1.29, 1.82) is 0 Å². The number of allylic oxidation sites excluding steroid dienone is 1. The molecule has 0 saturated carbocycles. The minimum absolute atomic E-state index is 0.00198. The number of carbonyl (C=O) groups excluding carboxylic acids is 2. The summed E-state index contributed by atoms with van der Waals surface area (Å²) >= 11 is 0. The topological polar surface area (TPSA) is 127 Å². The minimum atomic E-state index is -0.695. The highest BCUT2D eigenvalue weighted by molar-refractivity contribution is 5.93. The Hall–Kier alpha value is -3.44. The predicted molar refractivity (Wildman–Crippen MR) is 110 cm³/mol. The lowest BCUT2D eigenvalue weighted by Crippen LogP contribution is -2.46. The van der Waals surface area contributed by atoms with Gasteiger partial charge < -0.3 is 14.7 Å². The van der Waals surface area contributed by atoms with Gasteiger partial charge in [-0.3, -0.25) is 9.69 Å². The van der Waals surface area contributed by atoms with E-state index in [9.17, 15) is 14.7 Å². The molecule has 1 N–H and O–H groups in total. The van der Waals surface area contributed by atoms with E-state index in [1.165, 1.54) is 17.1 Å². The van der Waals surface area contributed by atoms with Gasteiger partial charge in [0.05, 0.1) is 17.2 Å². The largest absolute Gasteiger partial charge is 0.456 e. The summed E-state index contributed by atoms with van der Waals surface area (Å²) in [6.07, 6.45) is 7.11. The van der Waals surface area contributed by atoms with Crippen molar-refractivity contribution < 1.29 is 19.4 Å². The van der Waals surface area contributed by atoms with Crippen LogP contribution in [0.5, 0.6) is 0 Å². The Balaban J connectivity index is 1.20. The number of likely N-dealkylation sites (tertiary alicyclic amines) is 1. The Morgan fingerprint density at radius 2 is 2.06 bits per heavy atom. The maximum atomic E-state index is 13.2. The van der Waals surface area contributed by atoms with E-state index in [-0.39, 0.29) is 12.5 Å². The van der Waals surface area contributed by atoms with Crippen LogP contribution in [0.25, 0.3) is 5.82 Å². The number of tetrazole rings is 1. The highest BCUT2D eigenvalue weighted by Gasteiger charge is 2.48. The number of hydrogen-bond acceptors (Lipinski definition) is 9. The second-order valence-electron chi connectivity index (χ2n) is 8.35.